The van der Waals surface area contributed by atoms with Gasteiger partial charge >= 0.3 is 0 Å². The van der Waals surface area contributed by atoms with Crippen LogP contribution in [0.5, 0.6) is 0 Å². The van der Waals surface area contributed by atoms with E-state index in [9.17, 15) is 24.9 Å². The van der Waals surface area contributed by atoms with Crippen molar-refractivity contribution in [1.29, 1.82) is 0 Å². The molecule has 7 heteroatoms. The van der Waals surface area contributed by atoms with E-state index in [1.165, 1.54) is 12.2 Å². The Kier molecular flexibility index (Phi) is 5.20. The molecule has 9 atom stereocenters. The van der Waals surface area contributed by atoms with Crippen molar-refractivity contribution in [1.82, 2.24) is 0 Å². The fourth-order valence-corrected chi connectivity index (χ4v) is 8.02. The first-order valence-corrected chi connectivity index (χ1v) is 12.1. The molecule has 1 saturated heterocycles. The molecule has 5 aliphatic rings. The van der Waals surface area contributed by atoms with Gasteiger partial charge in [-0.25, -0.2) is 0 Å². The number of ether oxygens (including phenoxy) is 2. The van der Waals surface area contributed by atoms with Crippen molar-refractivity contribution >= 4 is 11.6 Å². The zero-order valence-corrected chi connectivity index (χ0v) is 19.5. The van der Waals surface area contributed by atoms with Gasteiger partial charge in [-0.3, -0.25) is 9.59 Å². The van der Waals surface area contributed by atoms with E-state index in [2.05, 4.69) is 0 Å². The van der Waals surface area contributed by atoms with Crippen LogP contribution in [-0.4, -0.2) is 57.4 Å². The molecule has 5 rings (SSSR count). The number of unbranched alkanes of at least 4 members (excludes halogenated alkanes) is 1. The van der Waals surface area contributed by atoms with E-state index < -0.39 is 47.1 Å². The summed E-state index contributed by atoms with van der Waals surface area (Å²) in [6, 6.07) is 0. The molecule has 3 N–H and O–H groups in total. The second-order valence-corrected chi connectivity index (χ2v) is 10.9. The summed E-state index contributed by atoms with van der Waals surface area (Å²) in [5.41, 5.74) is -2.11. The van der Waals surface area contributed by atoms with Gasteiger partial charge < -0.3 is 24.8 Å². The van der Waals surface area contributed by atoms with Crippen molar-refractivity contribution in [3.05, 3.63) is 35.8 Å². The molecule has 4 fully saturated rings. The number of hydrogen-bond acceptors (Lipinski definition) is 7. The van der Waals surface area contributed by atoms with Crippen LogP contribution in [0.2, 0.25) is 0 Å². The summed E-state index contributed by atoms with van der Waals surface area (Å²) in [4.78, 5) is 25.3. The van der Waals surface area contributed by atoms with E-state index >= 15 is 0 Å². The van der Waals surface area contributed by atoms with Crippen LogP contribution in [0.1, 0.15) is 52.9 Å². The van der Waals surface area contributed by atoms with Gasteiger partial charge in [-0.05, 0) is 61.3 Å². The molecule has 0 aromatic rings. The average Bonchev–Trinajstić information content (AvgIpc) is 3.25. The van der Waals surface area contributed by atoms with Crippen molar-refractivity contribution in [3.63, 3.8) is 0 Å². The number of carbonyl (C=O) groups excluding carboxylic acids is 2. The molecule has 0 unspecified atom stereocenters. The number of carbonyl (C=O) groups is 2. The predicted octanol–water partition coefficient (Wildman–Crippen LogP) is 2.20. The standard InChI is InChI=1S/C26H34O7/c1-4-5-6-22-32-21-11-16-15-10-18(29)17-9-14(28)7-8-24(17,2)23(15)19(30)12-25(16,3)26(21,33-22)20(31)13-27/h6-9,15-16,18-19,21,23,27,29-30H,4-5,10-13H2,1-3H3/t15-,16-,18-,19-,21+,23+,24-,25-,26+/m0/s1. The highest BCUT2D eigenvalue weighted by atomic mass is 16.7. The molecular weight excluding hydrogens is 424 g/mol. The monoisotopic (exact) mass is 458 g/mol. The van der Waals surface area contributed by atoms with Gasteiger partial charge in [-0.2, -0.15) is 0 Å². The zero-order chi connectivity index (χ0) is 23.8. The van der Waals surface area contributed by atoms with E-state index in [4.69, 9.17) is 9.47 Å². The highest BCUT2D eigenvalue weighted by molar-refractivity contribution is 6.01. The third-order valence-corrected chi connectivity index (χ3v) is 9.35. The summed E-state index contributed by atoms with van der Waals surface area (Å²) in [5, 5.41) is 32.5. The van der Waals surface area contributed by atoms with Crippen LogP contribution < -0.4 is 0 Å². The van der Waals surface area contributed by atoms with Gasteiger partial charge in [0.25, 0.3) is 5.95 Å². The Hall–Kier alpha value is -1.96. The Morgan fingerprint density at radius 2 is 2.03 bits per heavy atom. The Labute approximate surface area is 194 Å². The minimum absolute atomic E-state index is 0.0572. The van der Waals surface area contributed by atoms with Crippen LogP contribution in [0.4, 0.5) is 0 Å². The predicted molar refractivity (Wildman–Crippen MR) is 119 cm³/mol. The lowest BCUT2D eigenvalue weighted by Crippen LogP contribution is -2.64. The van der Waals surface area contributed by atoms with E-state index in [-0.39, 0.29) is 23.5 Å². The van der Waals surface area contributed by atoms with Gasteiger partial charge in [0.15, 0.2) is 5.78 Å². The molecule has 0 amide bonds. The summed E-state index contributed by atoms with van der Waals surface area (Å²) < 4.78 is 12.4. The molecular formula is C26H34O7. The SMILES string of the molecule is CCCC=C1O[C@@H]2C[C@H]3[C@@H]4C[C@H](O)C5=CC(=O)C=C[C@]5(C)[C@H]4[C@@H](O)C[C@]3(C)[C@]2(C(=O)CO)O1. The lowest BCUT2D eigenvalue weighted by molar-refractivity contribution is -0.182. The van der Waals surface area contributed by atoms with Gasteiger partial charge in [-0.15, -0.1) is 0 Å². The van der Waals surface area contributed by atoms with Crippen LogP contribution in [0.25, 0.3) is 0 Å². The fourth-order valence-electron chi connectivity index (χ4n) is 8.02. The molecule has 1 heterocycles. The molecule has 0 radical (unpaired) electrons. The fraction of sp³-hybridized carbons (Fsp3) is 0.692. The third-order valence-electron chi connectivity index (χ3n) is 9.35. The molecule has 1 aliphatic heterocycles. The number of aliphatic hydroxyl groups excluding tert-OH is 3. The Morgan fingerprint density at radius 3 is 2.73 bits per heavy atom. The van der Waals surface area contributed by atoms with Crippen molar-refractivity contribution in [2.75, 3.05) is 6.61 Å². The maximum Gasteiger partial charge on any atom is 0.276 e. The second-order valence-electron chi connectivity index (χ2n) is 10.9. The molecule has 0 aromatic heterocycles. The first kappa shape index (κ1) is 22.8. The number of fused-ring (bicyclic) bond motifs is 7. The maximum absolute atomic E-state index is 13.3. The molecule has 7 nitrogen and oxygen atoms in total. The van der Waals surface area contributed by atoms with Crippen molar-refractivity contribution in [3.8, 4) is 0 Å². The topological polar surface area (TPSA) is 113 Å². The highest BCUT2D eigenvalue weighted by Gasteiger charge is 2.77. The second kappa shape index (κ2) is 7.52. The quantitative estimate of drug-likeness (QED) is 0.592. The van der Waals surface area contributed by atoms with E-state index in [0.29, 0.717) is 30.8 Å². The molecule has 33 heavy (non-hydrogen) atoms. The normalized spacial score (nSPS) is 48.8. The smallest absolute Gasteiger partial charge is 0.276 e. The largest absolute Gasteiger partial charge is 0.458 e. The lowest BCUT2D eigenvalue weighted by Gasteiger charge is -2.60. The average molecular weight is 459 g/mol. The molecule has 180 valence electrons. The molecule has 4 aliphatic carbocycles. The van der Waals surface area contributed by atoms with E-state index in [0.717, 1.165) is 12.8 Å². The van der Waals surface area contributed by atoms with Gasteiger partial charge in [-0.1, -0.05) is 33.3 Å². The minimum Gasteiger partial charge on any atom is -0.458 e. The van der Waals surface area contributed by atoms with Crippen molar-refractivity contribution < 1.29 is 34.4 Å². The van der Waals surface area contributed by atoms with Crippen LogP contribution in [0.3, 0.4) is 0 Å². The Bertz CT molecular complexity index is 966. The maximum atomic E-state index is 13.3. The first-order valence-electron chi connectivity index (χ1n) is 12.1. The minimum atomic E-state index is -1.36. The summed E-state index contributed by atoms with van der Waals surface area (Å²) in [6.45, 7) is 5.33. The molecule has 0 bridgehead atoms. The van der Waals surface area contributed by atoms with Gasteiger partial charge in [0.2, 0.25) is 11.4 Å². The summed E-state index contributed by atoms with van der Waals surface area (Å²) in [5.74, 6) is -0.601. The molecule has 3 saturated carbocycles. The number of Topliss-reactive ketones (excluding diaryl/α,β-unsaturated/α-hetero) is 1. The third kappa shape index (κ3) is 2.85. The highest BCUT2D eigenvalue weighted by Crippen LogP contribution is 2.69. The summed E-state index contributed by atoms with van der Waals surface area (Å²) >= 11 is 0. The zero-order valence-electron chi connectivity index (χ0n) is 19.5. The Balaban J connectivity index is 1.58. The van der Waals surface area contributed by atoms with Crippen molar-refractivity contribution in [2.24, 2.45) is 28.6 Å². The summed E-state index contributed by atoms with van der Waals surface area (Å²) in [7, 11) is 0. The Morgan fingerprint density at radius 1 is 1.27 bits per heavy atom. The van der Waals surface area contributed by atoms with E-state index in [1.807, 2.05) is 32.9 Å². The van der Waals surface area contributed by atoms with Crippen LogP contribution in [0.15, 0.2) is 35.8 Å². The van der Waals surface area contributed by atoms with Gasteiger partial charge in [0.1, 0.15) is 12.7 Å². The number of ketones is 2. The first-order chi connectivity index (χ1) is 15.6. The van der Waals surface area contributed by atoms with Crippen LogP contribution in [0, 0.1) is 28.6 Å². The van der Waals surface area contributed by atoms with Gasteiger partial charge in [0, 0.05) is 16.7 Å². The van der Waals surface area contributed by atoms with Gasteiger partial charge in [0.05, 0.1) is 12.2 Å². The van der Waals surface area contributed by atoms with Crippen molar-refractivity contribution in [2.45, 2.75) is 76.8 Å². The molecule has 0 aromatic carbocycles. The number of rotatable bonds is 4. The molecule has 0 spiro atoms. The van der Waals surface area contributed by atoms with E-state index in [1.54, 1.807) is 0 Å². The number of hydrogen-bond donors (Lipinski definition) is 3. The lowest BCUT2D eigenvalue weighted by atomic mass is 9.45. The number of aliphatic hydroxyl groups is 3. The summed E-state index contributed by atoms with van der Waals surface area (Å²) in [6.07, 6.45) is 7.51. The van der Waals surface area contributed by atoms with Crippen LogP contribution in [-0.2, 0) is 19.1 Å². The van der Waals surface area contributed by atoms with Crippen LogP contribution >= 0.6 is 0 Å². The number of allylic oxidation sites excluding steroid dienone is 4.